The highest BCUT2D eigenvalue weighted by Gasteiger charge is 2.10. The Kier molecular flexibility index (Phi) is 4.23. The number of alkyl halides is 1. The van der Waals surface area contributed by atoms with Crippen molar-refractivity contribution in [2.75, 3.05) is 14.2 Å². The van der Waals surface area contributed by atoms with E-state index in [0.717, 1.165) is 0 Å². The van der Waals surface area contributed by atoms with Gasteiger partial charge in [-0.25, -0.2) is 0 Å². The van der Waals surface area contributed by atoms with Crippen LogP contribution in [-0.4, -0.2) is 25.9 Å². The summed E-state index contributed by atoms with van der Waals surface area (Å²) >= 11 is 5.57. The number of methoxy groups -OCH3 is 2. The van der Waals surface area contributed by atoms with Gasteiger partial charge in [-0.2, -0.15) is 0 Å². The first kappa shape index (κ1) is 8.21. The summed E-state index contributed by atoms with van der Waals surface area (Å²) in [4.78, 5) is 0. The van der Waals surface area contributed by atoms with Gasteiger partial charge in [0.15, 0.2) is 5.56 Å². The molecule has 8 heavy (non-hydrogen) atoms. The van der Waals surface area contributed by atoms with Crippen molar-refractivity contribution in [1.29, 1.82) is 0 Å². The molecule has 0 aliphatic rings. The molecular weight excluding hydrogens is 128 g/mol. The molecule has 3 heteroatoms. The minimum absolute atomic E-state index is 0.0401. The van der Waals surface area contributed by atoms with Crippen molar-refractivity contribution < 1.29 is 9.47 Å². The molecule has 0 aromatic rings. The first-order valence-corrected chi connectivity index (χ1v) is 2.85. The molecule has 0 aliphatic heterocycles. The van der Waals surface area contributed by atoms with Crippen molar-refractivity contribution in [2.24, 2.45) is 0 Å². The molecule has 0 aromatic carbocycles. The number of rotatable bonds is 3. The third-order valence-electron chi connectivity index (χ3n) is 0.966. The quantitative estimate of drug-likeness (QED) is 0.547. The molecule has 0 aliphatic carbocycles. The van der Waals surface area contributed by atoms with Gasteiger partial charge in [-0.05, 0) is 6.92 Å². The topological polar surface area (TPSA) is 18.5 Å². The maximum Gasteiger partial charge on any atom is 0.156 e. The van der Waals surface area contributed by atoms with Gasteiger partial charge in [0.25, 0.3) is 0 Å². The van der Waals surface area contributed by atoms with Crippen molar-refractivity contribution in [3.05, 3.63) is 0 Å². The Morgan fingerprint density at radius 2 is 1.75 bits per heavy atom. The third kappa shape index (κ3) is 2.50. The van der Waals surface area contributed by atoms with Gasteiger partial charge in [-0.1, -0.05) is 11.6 Å². The Hall–Kier alpha value is 0.210. The normalized spacial score (nSPS) is 18.0. The summed E-state index contributed by atoms with van der Waals surface area (Å²) in [6, 6.07) is 0. The standard InChI is InChI=1S/C5H11ClO2/c1-4(7-2)5(6)8-3/h4-5H,1-3H3. The number of hydrogen-bond acceptors (Lipinski definition) is 2. The van der Waals surface area contributed by atoms with Gasteiger partial charge in [0.05, 0.1) is 6.10 Å². The molecule has 2 atom stereocenters. The van der Waals surface area contributed by atoms with E-state index in [1.165, 1.54) is 0 Å². The average molecular weight is 139 g/mol. The SMILES string of the molecule is COC(C)C(Cl)OC. The predicted octanol–water partition coefficient (Wildman–Crippen LogP) is 1.23. The molecule has 0 fully saturated rings. The highest BCUT2D eigenvalue weighted by Crippen LogP contribution is 2.04. The summed E-state index contributed by atoms with van der Waals surface area (Å²) in [7, 11) is 3.15. The summed E-state index contributed by atoms with van der Waals surface area (Å²) in [6.07, 6.45) is -0.0401. The maximum atomic E-state index is 5.57. The van der Waals surface area contributed by atoms with E-state index in [1.54, 1.807) is 14.2 Å². The lowest BCUT2D eigenvalue weighted by Crippen LogP contribution is -2.20. The second kappa shape index (κ2) is 4.13. The van der Waals surface area contributed by atoms with E-state index in [9.17, 15) is 0 Å². The molecule has 0 saturated heterocycles. The van der Waals surface area contributed by atoms with Gasteiger partial charge < -0.3 is 9.47 Å². The number of hydrogen-bond donors (Lipinski definition) is 0. The summed E-state index contributed by atoms with van der Waals surface area (Å²) in [6.45, 7) is 1.85. The van der Waals surface area contributed by atoms with Crippen molar-refractivity contribution >= 4 is 11.6 Å². The fraction of sp³-hybridized carbons (Fsp3) is 1.00. The highest BCUT2D eigenvalue weighted by molar-refractivity contribution is 6.20. The van der Waals surface area contributed by atoms with E-state index < -0.39 is 0 Å². The Bertz CT molecular complexity index is 50.4. The van der Waals surface area contributed by atoms with Crippen LogP contribution in [0.3, 0.4) is 0 Å². The summed E-state index contributed by atoms with van der Waals surface area (Å²) in [5.41, 5.74) is -0.333. The molecule has 2 unspecified atom stereocenters. The Morgan fingerprint density at radius 1 is 1.25 bits per heavy atom. The Labute approximate surface area is 54.7 Å². The van der Waals surface area contributed by atoms with Gasteiger partial charge in [0, 0.05) is 14.2 Å². The summed E-state index contributed by atoms with van der Waals surface area (Å²) in [5.74, 6) is 0. The summed E-state index contributed by atoms with van der Waals surface area (Å²) in [5, 5.41) is 0. The molecule has 0 amide bonds. The maximum absolute atomic E-state index is 5.57. The minimum Gasteiger partial charge on any atom is -0.378 e. The fourth-order valence-corrected chi connectivity index (χ4v) is 0.401. The summed E-state index contributed by atoms with van der Waals surface area (Å²) < 4.78 is 9.59. The van der Waals surface area contributed by atoms with E-state index in [2.05, 4.69) is 0 Å². The van der Waals surface area contributed by atoms with E-state index in [0.29, 0.717) is 0 Å². The van der Waals surface area contributed by atoms with Gasteiger partial charge in [0.2, 0.25) is 0 Å². The van der Waals surface area contributed by atoms with Gasteiger partial charge in [-0.15, -0.1) is 0 Å². The Balaban J connectivity index is 3.29. The van der Waals surface area contributed by atoms with Gasteiger partial charge in [0.1, 0.15) is 0 Å². The highest BCUT2D eigenvalue weighted by atomic mass is 35.5. The average Bonchev–Trinajstić information content (AvgIpc) is 1.84. The third-order valence-corrected chi connectivity index (χ3v) is 1.50. The minimum atomic E-state index is -0.333. The van der Waals surface area contributed by atoms with Crippen LogP contribution in [0.2, 0.25) is 0 Å². The molecule has 0 saturated carbocycles. The largest absolute Gasteiger partial charge is 0.378 e. The molecule has 0 bridgehead atoms. The van der Waals surface area contributed by atoms with Crippen molar-refractivity contribution in [3.63, 3.8) is 0 Å². The molecule has 0 aromatic heterocycles. The van der Waals surface area contributed by atoms with Crippen molar-refractivity contribution in [1.82, 2.24) is 0 Å². The van der Waals surface area contributed by atoms with Crippen LogP contribution in [-0.2, 0) is 9.47 Å². The molecule has 0 N–H and O–H groups in total. The molecule has 0 rings (SSSR count). The Morgan fingerprint density at radius 3 is 1.88 bits per heavy atom. The van der Waals surface area contributed by atoms with E-state index in [1.807, 2.05) is 6.92 Å². The van der Waals surface area contributed by atoms with Crippen LogP contribution in [0.25, 0.3) is 0 Å². The van der Waals surface area contributed by atoms with Crippen LogP contribution in [0.5, 0.6) is 0 Å². The second-order valence-corrected chi connectivity index (χ2v) is 1.96. The molecule has 0 spiro atoms. The number of halogens is 1. The van der Waals surface area contributed by atoms with Gasteiger partial charge >= 0.3 is 0 Å². The first-order chi connectivity index (χ1) is 3.72. The molecular formula is C5H11ClO2. The molecule has 0 heterocycles. The van der Waals surface area contributed by atoms with E-state index in [-0.39, 0.29) is 11.7 Å². The van der Waals surface area contributed by atoms with E-state index in [4.69, 9.17) is 21.1 Å². The fourth-order valence-electron chi connectivity index (χ4n) is 0.299. The van der Waals surface area contributed by atoms with E-state index >= 15 is 0 Å². The zero-order chi connectivity index (χ0) is 6.57. The van der Waals surface area contributed by atoms with Crippen LogP contribution in [0.15, 0.2) is 0 Å². The molecule has 0 radical (unpaired) electrons. The van der Waals surface area contributed by atoms with Crippen LogP contribution in [0.4, 0.5) is 0 Å². The zero-order valence-corrected chi connectivity index (χ0v) is 6.11. The monoisotopic (exact) mass is 138 g/mol. The smallest absolute Gasteiger partial charge is 0.156 e. The van der Waals surface area contributed by atoms with Gasteiger partial charge in [-0.3, -0.25) is 0 Å². The second-order valence-electron chi connectivity index (χ2n) is 1.53. The predicted molar refractivity (Wildman–Crippen MR) is 33.1 cm³/mol. The zero-order valence-electron chi connectivity index (χ0n) is 5.35. The molecule has 2 nitrogen and oxygen atoms in total. The van der Waals surface area contributed by atoms with Crippen LogP contribution in [0.1, 0.15) is 6.92 Å². The first-order valence-electron chi connectivity index (χ1n) is 2.42. The van der Waals surface area contributed by atoms with Crippen molar-refractivity contribution in [3.8, 4) is 0 Å². The van der Waals surface area contributed by atoms with Crippen LogP contribution >= 0.6 is 11.6 Å². The molecule has 50 valence electrons. The van der Waals surface area contributed by atoms with Crippen molar-refractivity contribution in [2.45, 2.75) is 18.6 Å². The lowest BCUT2D eigenvalue weighted by atomic mass is 10.4. The van der Waals surface area contributed by atoms with Crippen LogP contribution in [0, 0.1) is 0 Å². The number of ether oxygens (including phenoxy) is 2. The lowest BCUT2D eigenvalue weighted by Gasteiger charge is -2.13. The van der Waals surface area contributed by atoms with Crippen LogP contribution < -0.4 is 0 Å². The lowest BCUT2D eigenvalue weighted by molar-refractivity contribution is 0.0169.